The first-order valence-corrected chi connectivity index (χ1v) is 9.62. The number of benzene rings is 1. The molecule has 2 aliphatic rings. The highest BCUT2D eigenvalue weighted by molar-refractivity contribution is 5.82. The zero-order chi connectivity index (χ0) is 19.0. The van der Waals surface area contributed by atoms with Crippen LogP contribution >= 0.6 is 0 Å². The Bertz CT molecular complexity index is 846. The lowest BCUT2D eigenvalue weighted by molar-refractivity contribution is -0.158. The standard InChI is InChI=1S/C23H25NO3/c1-15-12-13-23(26)21(16(2)27-22(23)25)20(15)11-10-19-9-8-18(14-24-19)17-6-4-3-5-7-17/h3-11,14-16,20-21,26H,12-13H2,1-2H3/b11-10+/t15?,16-,20?,21?,23?/m1/s1. The van der Waals surface area contributed by atoms with Crippen LogP contribution < -0.4 is 0 Å². The van der Waals surface area contributed by atoms with Gasteiger partial charge in [-0.1, -0.05) is 49.4 Å². The van der Waals surface area contributed by atoms with E-state index in [2.05, 4.69) is 36.2 Å². The topological polar surface area (TPSA) is 59.4 Å². The number of fused-ring (bicyclic) bond motifs is 1. The number of aliphatic hydroxyl groups is 1. The molecule has 1 N–H and O–H groups in total. The Labute approximate surface area is 159 Å². The van der Waals surface area contributed by atoms with Gasteiger partial charge >= 0.3 is 5.97 Å². The summed E-state index contributed by atoms with van der Waals surface area (Å²) >= 11 is 0. The highest BCUT2D eigenvalue weighted by Gasteiger charge is 2.59. The van der Waals surface area contributed by atoms with Crippen LogP contribution in [0.5, 0.6) is 0 Å². The third-order valence-electron chi connectivity index (χ3n) is 6.14. The first-order valence-electron chi connectivity index (χ1n) is 9.62. The molecule has 2 aromatic rings. The van der Waals surface area contributed by atoms with Crippen LogP contribution in [0.15, 0.2) is 54.7 Å². The van der Waals surface area contributed by atoms with Gasteiger partial charge in [-0.15, -0.1) is 0 Å². The van der Waals surface area contributed by atoms with Crippen molar-refractivity contribution in [2.75, 3.05) is 0 Å². The molecule has 0 amide bonds. The third-order valence-corrected chi connectivity index (χ3v) is 6.14. The minimum absolute atomic E-state index is 0.0841. The monoisotopic (exact) mass is 363 g/mol. The highest BCUT2D eigenvalue weighted by atomic mass is 16.6. The number of aromatic nitrogens is 1. The first kappa shape index (κ1) is 17.9. The maximum Gasteiger partial charge on any atom is 0.338 e. The van der Waals surface area contributed by atoms with E-state index in [4.69, 9.17) is 4.74 Å². The minimum Gasteiger partial charge on any atom is -0.460 e. The van der Waals surface area contributed by atoms with Gasteiger partial charge in [0.15, 0.2) is 5.60 Å². The molecule has 1 aliphatic heterocycles. The van der Waals surface area contributed by atoms with Gasteiger partial charge < -0.3 is 9.84 Å². The number of rotatable bonds is 3. The van der Waals surface area contributed by atoms with Gasteiger partial charge in [-0.3, -0.25) is 4.98 Å². The number of carbonyl (C=O) groups is 1. The van der Waals surface area contributed by atoms with Crippen LogP contribution in [-0.2, 0) is 9.53 Å². The number of hydrogen-bond donors (Lipinski definition) is 1. The van der Waals surface area contributed by atoms with Gasteiger partial charge in [-0.05, 0) is 49.3 Å². The van der Waals surface area contributed by atoms with E-state index in [0.29, 0.717) is 12.3 Å². The smallest absolute Gasteiger partial charge is 0.338 e. The fourth-order valence-electron chi connectivity index (χ4n) is 4.59. The number of carbonyl (C=O) groups excluding carboxylic acids is 1. The molecule has 4 heteroatoms. The van der Waals surface area contributed by atoms with Gasteiger partial charge in [0.2, 0.25) is 0 Å². The second-order valence-electron chi connectivity index (χ2n) is 7.85. The van der Waals surface area contributed by atoms with E-state index < -0.39 is 11.6 Å². The summed E-state index contributed by atoms with van der Waals surface area (Å²) in [6.07, 6.45) is 6.99. The number of esters is 1. The van der Waals surface area contributed by atoms with Crippen LogP contribution in [0.25, 0.3) is 17.2 Å². The molecule has 1 aromatic heterocycles. The van der Waals surface area contributed by atoms with Gasteiger partial charge in [-0.25, -0.2) is 4.79 Å². The molecule has 140 valence electrons. The summed E-state index contributed by atoms with van der Waals surface area (Å²) in [4.78, 5) is 16.7. The lowest BCUT2D eigenvalue weighted by Gasteiger charge is -2.40. The maximum absolute atomic E-state index is 12.1. The van der Waals surface area contributed by atoms with Crippen LogP contribution in [0.3, 0.4) is 0 Å². The molecule has 1 saturated heterocycles. The zero-order valence-corrected chi connectivity index (χ0v) is 15.7. The second-order valence-corrected chi connectivity index (χ2v) is 7.85. The third kappa shape index (κ3) is 3.19. The van der Waals surface area contributed by atoms with Gasteiger partial charge in [0.05, 0.1) is 5.69 Å². The van der Waals surface area contributed by atoms with Gasteiger partial charge in [0.25, 0.3) is 0 Å². The van der Waals surface area contributed by atoms with Crippen molar-refractivity contribution < 1.29 is 14.6 Å². The molecule has 27 heavy (non-hydrogen) atoms. The molecule has 5 atom stereocenters. The Balaban J connectivity index is 1.55. The molecule has 0 radical (unpaired) electrons. The molecule has 2 fully saturated rings. The molecule has 4 rings (SSSR count). The van der Waals surface area contributed by atoms with E-state index >= 15 is 0 Å². The van der Waals surface area contributed by atoms with E-state index in [1.165, 1.54) is 0 Å². The van der Waals surface area contributed by atoms with Crippen molar-refractivity contribution in [3.05, 3.63) is 60.4 Å². The van der Waals surface area contributed by atoms with Crippen LogP contribution in [0.4, 0.5) is 0 Å². The van der Waals surface area contributed by atoms with Crippen LogP contribution in [0.2, 0.25) is 0 Å². The van der Waals surface area contributed by atoms with Crippen LogP contribution in [-0.4, -0.2) is 27.8 Å². The van der Waals surface area contributed by atoms with Crippen molar-refractivity contribution >= 4 is 12.0 Å². The van der Waals surface area contributed by atoms with Crippen molar-refractivity contribution in [3.63, 3.8) is 0 Å². The molecule has 4 unspecified atom stereocenters. The molecule has 0 bridgehead atoms. The summed E-state index contributed by atoms with van der Waals surface area (Å²) in [5.41, 5.74) is 1.75. The number of nitrogens with zero attached hydrogens (tertiary/aromatic N) is 1. The van der Waals surface area contributed by atoms with E-state index in [-0.39, 0.29) is 17.9 Å². The van der Waals surface area contributed by atoms with Gasteiger partial charge in [0, 0.05) is 17.7 Å². The molecule has 1 saturated carbocycles. The molecule has 2 heterocycles. The summed E-state index contributed by atoms with van der Waals surface area (Å²) in [6.45, 7) is 4.06. The van der Waals surface area contributed by atoms with Crippen molar-refractivity contribution in [1.82, 2.24) is 4.98 Å². The minimum atomic E-state index is -1.34. The van der Waals surface area contributed by atoms with E-state index in [9.17, 15) is 9.90 Å². The quantitative estimate of drug-likeness (QED) is 0.834. The Kier molecular flexibility index (Phi) is 4.60. The largest absolute Gasteiger partial charge is 0.460 e. The summed E-state index contributed by atoms with van der Waals surface area (Å²) in [5, 5.41) is 10.9. The average Bonchev–Trinajstić information content (AvgIpc) is 2.92. The summed E-state index contributed by atoms with van der Waals surface area (Å²) < 4.78 is 5.37. The summed E-state index contributed by atoms with van der Waals surface area (Å²) in [7, 11) is 0. The van der Waals surface area contributed by atoms with Crippen molar-refractivity contribution in [1.29, 1.82) is 0 Å². The fourth-order valence-corrected chi connectivity index (χ4v) is 4.59. The highest BCUT2D eigenvalue weighted by Crippen LogP contribution is 2.49. The van der Waals surface area contributed by atoms with Gasteiger partial charge in [-0.2, -0.15) is 0 Å². The number of ether oxygens (including phenoxy) is 1. The Morgan fingerprint density at radius 3 is 2.63 bits per heavy atom. The second kappa shape index (κ2) is 6.93. The number of pyridine rings is 1. The van der Waals surface area contributed by atoms with Crippen LogP contribution in [0.1, 0.15) is 32.4 Å². The van der Waals surface area contributed by atoms with Crippen LogP contribution in [0, 0.1) is 17.8 Å². The Morgan fingerprint density at radius 2 is 1.93 bits per heavy atom. The number of allylic oxidation sites excluding steroid dienone is 1. The predicted molar refractivity (Wildman–Crippen MR) is 105 cm³/mol. The van der Waals surface area contributed by atoms with E-state index in [1.807, 2.05) is 43.5 Å². The Hall–Kier alpha value is -2.46. The molecular formula is C23H25NO3. The molecule has 1 aliphatic carbocycles. The SMILES string of the molecule is CC1CCC2(O)C(=O)O[C@H](C)C2C1/C=C/c1ccc(-c2ccccc2)cn1. The van der Waals surface area contributed by atoms with Gasteiger partial charge in [0.1, 0.15) is 6.10 Å². The fraction of sp³-hybridized carbons (Fsp3) is 0.391. The van der Waals surface area contributed by atoms with Crippen molar-refractivity contribution in [3.8, 4) is 11.1 Å². The molecular weight excluding hydrogens is 338 g/mol. The van der Waals surface area contributed by atoms with Crippen molar-refractivity contribution in [2.45, 2.75) is 38.4 Å². The zero-order valence-electron chi connectivity index (χ0n) is 15.7. The molecule has 0 spiro atoms. The Morgan fingerprint density at radius 1 is 1.15 bits per heavy atom. The summed E-state index contributed by atoms with van der Waals surface area (Å²) in [6, 6.07) is 14.2. The molecule has 4 nitrogen and oxygen atoms in total. The lowest BCUT2D eigenvalue weighted by atomic mass is 9.64. The van der Waals surface area contributed by atoms with E-state index in [0.717, 1.165) is 23.2 Å². The maximum atomic E-state index is 12.1. The predicted octanol–water partition coefficient (Wildman–Crippen LogP) is 4.10. The first-order chi connectivity index (χ1) is 13.0. The van der Waals surface area contributed by atoms with Crippen molar-refractivity contribution in [2.24, 2.45) is 17.8 Å². The normalized spacial score (nSPS) is 33.1. The summed E-state index contributed by atoms with van der Waals surface area (Å²) in [5.74, 6) is -0.197. The molecule has 1 aromatic carbocycles. The lowest BCUT2D eigenvalue weighted by Crippen LogP contribution is -2.50. The number of hydrogen-bond acceptors (Lipinski definition) is 4. The number of cyclic esters (lactones) is 1. The van der Waals surface area contributed by atoms with E-state index in [1.54, 1.807) is 0 Å². The average molecular weight is 363 g/mol.